The van der Waals surface area contributed by atoms with Crippen LogP contribution in [0.3, 0.4) is 0 Å². The van der Waals surface area contributed by atoms with Gasteiger partial charge in [0, 0.05) is 6.07 Å². The van der Waals surface area contributed by atoms with Crippen molar-refractivity contribution in [2.75, 3.05) is 7.11 Å². The molecule has 2 aromatic rings. The predicted octanol–water partition coefficient (Wildman–Crippen LogP) is 1.29. The van der Waals surface area contributed by atoms with Gasteiger partial charge in [-0.2, -0.15) is 0 Å². The summed E-state index contributed by atoms with van der Waals surface area (Å²) in [4.78, 5) is 0.109. The third-order valence-electron chi connectivity index (χ3n) is 2.10. The highest BCUT2D eigenvalue weighted by Crippen LogP contribution is 2.28. The Kier molecular flexibility index (Phi) is 3.16. The molecule has 0 N–H and O–H groups in total. The SMILES string of the molecule is COc1cc(S(=O)(=O)n2cnnc2)ccc1Br. The standard InChI is InChI=1S/C9H8BrN3O3S/c1-16-9-4-7(2-3-8(9)10)17(14,15)13-5-11-12-6-13/h2-6H,1H3. The molecule has 2 rings (SSSR count). The smallest absolute Gasteiger partial charge is 0.270 e. The van der Waals surface area contributed by atoms with Gasteiger partial charge in [-0.3, -0.25) is 0 Å². The van der Waals surface area contributed by atoms with E-state index in [9.17, 15) is 8.42 Å². The molecular formula is C9H8BrN3O3S. The van der Waals surface area contributed by atoms with E-state index in [0.29, 0.717) is 10.2 Å². The number of hydrogen-bond donors (Lipinski definition) is 0. The fraction of sp³-hybridized carbons (Fsp3) is 0.111. The van der Waals surface area contributed by atoms with E-state index in [4.69, 9.17) is 4.74 Å². The molecule has 0 saturated carbocycles. The summed E-state index contributed by atoms with van der Waals surface area (Å²) in [5, 5.41) is 6.93. The Morgan fingerprint density at radius 3 is 2.53 bits per heavy atom. The number of aromatic nitrogens is 3. The molecule has 6 nitrogen and oxygen atoms in total. The van der Waals surface area contributed by atoms with E-state index in [0.717, 1.165) is 16.6 Å². The van der Waals surface area contributed by atoms with Crippen molar-refractivity contribution in [2.24, 2.45) is 0 Å². The molecule has 1 aromatic heterocycles. The van der Waals surface area contributed by atoms with Crippen LogP contribution in [0.1, 0.15) is 0 Å². The Hall–Kier alpha value is -1.41. The first-order valence-corrected chi connectivity index (χ1v) is 6.73. The van der Waals surface area contributed by atoms with Crippen LogP contribution < -0.4 is 4.74 Å². The zero-order valence-corrected chi connectivity index (χ0v) is 11.1. The highest BCUT2D eigenvalue weighted by molar-refractivity contribution is 9.10. The topological polar surface area (TPSA) is 74.1 Å². The van der Waals surface area contributed by atoms with Crippen LogP contribution in [-0.4, -0.2) is 29.7 Å². The van der Waals surface area contributed by atoms with Gasteiger partial charge in [-0.25, -0.2) is 12.4 Å². The molecule has 8 heteroatoms. The van der Waals surface area contributed by atoms with Crippen molar-refractivity contribution in [1.82, 2.24) is 14.2 Å². The van der Waals surface area contributed by atoms with Gasteiger partial charge < -0.3 is 4.74 Å². The summed E-state index contributed by atoms with van der Waals surface area (Å²) in [6, 6.07) is 4.51. The summed E-state index contributed by atoms with van der Waals surface area (Å²) in [5.41, 5.74) is 0. The molecule has 1 aromatic carbocycles. The number of methoxy groups -OCH3 is 1. The van der Waals surface area contributed by atoms with Crippen LogP contribution in [0.2, 0.25) is 0 Å². The van der Waals surface area contributed by atoms with Crippen molar-refractivity contribution in [3.05, 3.63) is 35.3 Å². The molecule has 0 bridgehead atoms. The van der Waals surface area contributed by atoms with Crippen LogP contribution in [0.25, 0.3) is 0 Å². The average Bonchev–Trinajstić information content (AvgIpc) is 2.83. The molecular weight excluding hydrogens is 310 g/mol. The zero-order chi connectivity index (χ0) is 12.5. The molecule has 0 amide bonds. The fourth-order valence-corrected chi connectivity index (χ4v) is 2.72. The van der Waals surface area contributed by atoms with Crippen molar-refractivity contribution in [3.8, 4) is 5.75 Å². The molecule has 0 spiro atoms. The fourth-order valence-electron chi connectivity index (χ4n) is 1.24. The predicted molar refractivity (Wildman–Crippen MR) is 63.3 cm³/mol. The number of ether oxygens (including phenoxy) is 1. The van der Waals surface area contributed by atoms with Gasteiger partial charge in [0.25, 0.3) is 10.0 Å². The number of halogens is 1. The first-order chi connectivity index (χ1) is 8.05. The lowest BCUT2D eigenvalue weighted by molar-refractivity contribution is 0.410. The van der Waals surface area contributed by atoms with Gasteiger partial charge in [-0.15, -0.1) is 10.2 Å². The average molecular weight is 318 g/mol. The Morgan fingerprint density at radius 1 is 1.29 bits per heavy atom. The van der Waals surface area contributed by atoms with Gasteiger partial charge in [0.05, 0.1) is 16.5 Å². The largest absolute Gasteiger partial charge is 0.496 e. The van der Waals surface area contributed by atoms with E-state index >= 15 is 0 Å². The minimum atomic E-state index is -3.65. The van der Waals surface area contributed by atoms with Crippen LogP contribution in [0.4, 0.5) is 0 Å². The van der Waals surface area contributed by atoms with E-state index in [1.165, 1.54) is 19.2 Å². The molecule has 0 fully saturated rings. The van der Waals surface area contributed by atoms with Crippen molar-refractivity contribution in [1.29, 1.82) is 0 Å². The van der Waals surface area contributed by atoms with Gasteiger partial charge in [0.15, 0.2) is 0 Å². The van der Waals surface area contributed by atoms with Crippen LogP contribution in [0, 0.1) is 0 Å². The Balaban J connectivity index is 2.55. The number of benzene rings is 1. The molecule has 1 heterocycles. The Morgan fingerprint density at radius 2 is 1.94 bits per heavy atom. The maximum atomic E-state index is 12.1. The second-order valence-corrected chi connectivity index (χ2v) is 5.79. The van der Waals surface area contributed by atoms with E-state index in [-0.39, 0.29) is 4.90 Å². The molecule has 0 aliphatic heterocycles. The normalized spacial score (nSPS) is 11.4. The summed E-state index contributed by atoms with van der Waals surface area (Å²) in [5.74, 6) is 0.444. The molecule has 0 radical (unpaired) electrons. The van der Waals surface area contributed by atoms with Gasteiger partial charge in [-0.1, -0.05) is 0 Å². The monoisotopic (exact) mass is 317 g/mol. The minimum absolute atomic E-state index is 0.109. The van der Waals surface area contributed by atoms with Crippen LogP contribution in [-0.2, 0) is 10.0 Å². The first-order valence-electron chi connectivity index (χ1n) is 4.49. The van der Waals surface area contributed by atoms with Crippen LogP contribution in [0.15, 0.2) is 40.2 Å². The second-order valence-electron chi connectivity index (χ2n) is 3.09. The van der Waals surface area contributed by atoms with Crippen molar-refractivity contribution in [2.45, 2.75) is 4.90 Å². The van der Waals surface area contributed by atoms with E-state index in [2.05, 4.69) is 26.1 Å². The van der Waals surface area contributed by atoms with Crippen molar-refractivity contribution >= 4 is 26.0 Å². The minimum Gasteiger partial charge on any atom is -0.496 e. The molecule has 90 valence electrons. The van der Waals surface area contributed by atoms with Crippen LogP contribution in [0.5, 0.6) is 5.75 Å². The molecule has 17 heavy (non-hydrogen) atoms. The van der Waals surface area contributed by atoms with E-state index in [1.54, 1.807) is 6.07 Å². The van der Waals surface area contributed by atoms with Gasteiger partial charge in [0.2, 0.25) is 0 Å². The highest BCUT2D eigenvalue weighted by Gasteiger charge is 2.18. The third-order valence-corrected chi connectivity index (χ3v) is 4.34. The molecule has 0 atom stereocenters. The summed E-state index contributed by atoms with van der Waals surface area (Å²) >= 11 is 3.25. The van der Waals surface area contributed by atoms with Gasteiger partial charge >= 0.3 is 0 Å². The quantitative estimate of drug-likeness (QED) is 0.852. The van der Waals surface area contributed by atoms with E-state index in [1.807, 2.05) is 0 Å². The molecule has 0 saturated heterocycles. The second kappa shape index (κ2) is 4.46. The van der Waals surface area contributed by atoms with Crippen molar-refractivity contribution < 1.29 is 13.2 Å². The van der Waals surface area contributed by atoms with Gasteiger partial charge in [-0.05, 0) is 28.1 Å². The lowest BCUT2D eigenvalue weighted by atomic mass is 10.3. The Labute approximate surface area is 106 Å². The summed E-state index contributed by atoms with van der Waals surface area (Å²) in [6.45, 7) is 0. The van der Waals surface area contributed by atoms with Crippen LogP contribution >= 0.6 is 15.9 Å². The lowest BCUT2D eigenvalue weighted by Gasteiger charge is -2.07. The zero-order valence-electron chi connectivity index (χ0n) is 8.74. The van der Waals surface area contributed by atoms with Gasteiger partial charge in [0.1, 0.15) is 18.4 Å². The molecule has 0 aliphatic carbocycles. The molecule has 0 aliphatic rings. The molecule has 0 unspecified atom stereocenters. The maximum Gasteiger partial charge on any atom is 0.270 e. The maximum absolute atomic E-state index is 12.1. The number of hydrogen-bond acceptors (Lipinski definition) is 5. The lowest BCUT2D eigenvalue weighted by Crippen LogP contribution is -2.11. The number of nitrogens with zero attached hydrogens (tertiary/aromatic N) is 3. The van der Waals surface area contributed by atoms with E-state index < -0.39 is 10.0 Å². The summed E-state index contributed by atoms with van der Waals surface area (Å²) in [7, 11) is -2.19. The summed E-state index contributed by atoms with van der Waals surface area (Å²) in [6.07, 6.45) is 2.26. The Bertz CT molecular complexity index is 625. The first kappa shape index (κ1) is 12.1. The number of rotatable bonds is 3. The highest BCUT2D eigenvalue weighted by atomic mass is 79.9. The third kappa shape index (κ3) is 2.18. The van der Waals surface area contributed by atoms with Crippen molar-refractivity contribution in [3.63, 3.8) is 0 Å². The summed E-state index contributed by atoms with van der Waals surface area (Å²) < 4.78 is 30.8.